The molecule has 9 rings (SSSR count). The third-order valence-corrected chi connectivity index (χ3v) is 19.7. The number of nitrogens with zero attached hydrogens (tertiary/aromatic N) is 2. The standard InChI is InChI=1S/C59H60N2S6/c1-3-5-7-9-11-16-24-43-40-55(66-58(43)53-36-34-50(63-53)49-33-32-48(62-49)42-60-45-26-18-13-19-27-45)56-41-44(25-17-12-10-8-6-4-2)59(67-56)54-37-35-51(64-54)52-38-39-57(65-52)61(46-28-20-14-21-29-46)47-30-22-15-23-31-47/h13-15,18-23,26-42H,3-12,16-17,24-25H2,1-2H3. The number of hydrogen-bond donors (Lipinski definition) is 0. The van der Waals surface area contributed by atoms with Crippen LogP contribution in [0, 0.1) is 0 Å². The van der Waals surface area contributed by atoms with Crippen molar-refractivity contribution in [3.8, 4) is 48.8 Å². The summed E-state index contributed by atoms with van der Waals surface area (Å²) in [7, 11) is 0. The SMILES string of the molecule is CCCCCCCCc1cc(-c2cc(CCCCCCCC)c(-c3ccc(-c4ccc(N(c5ccccc5)c5ccccc5)s4)s3)s2)sc1-c1ccc(-c2ccc(C=Nc3ccccc3)s2)s1. The van der Waals surface area contributed by atoms with E-state index in [0.717, 1.165) is 18.5 Å². The summed E-state index contributed by atoms with van der Waals surface area (Å²) in [4.78, 5) is 22.1. The molecule has 0 saturated heterocycles. The van der Waals surface area contributed by atoms with E-state index in [0.29, 0.717) is 0 Å². The van der Waals surface area contributed by atoms with Crippen molar-refractivity contribution in [2.75, 3.05) is 4.90 Å². The molecule has 3 aromatic carbocycles. The number of aliphatic imine (C=N–C) groups is 1. The number of anilines is 3. The van der Waals surface area contributed by atoms with E-state index in [4.69, 9.17) is 4.99 Å². The first-order valence-corrected chi connectivity index (χ1v) is 29.2. The molecule has 342 valence electrons. The predicted molar refractivity (Wildman–Crippen MR) is 303 cm³/mol. The predicted octanol–water partition coefficient (Wildman–Crippen LogP) is 21.4. The van der Waals surface area contributed by atoms with Gasteiger partial charge in [0.05, 0.1) is 5.69 Å². The van der Waals surface area contributed by atoms with E-state index in [2.05, 4.69) is 140 Å². The van der Waals surface area contributed by atoms with E-state index >= 15 is 0 Å². The van der Waals surface area contributed by atoms with E-state index in [1.807, 2.05) is 105 Å². The van der Waals surface area contributed by atoms with E-state index in [1.165, 1.54) is 158 Å². The zero-order valence-electron chi connectivity index (χ0n) is 38.8. The topological polar surface area (TPSA) is 15.6 Å². The Balaban J connectivity index is 1.00. The lowest BCUT2D eigenvalue weighted by atomic mass is 10.0. The largest absolute Gasteiger partial charge is 0.302 e. The number of para-hydroxylation sites is 3. The van der Waals surface area contributed by atoms with Gasteiger partial charge in [0.25, 0.3) is 0 Å². The van der Waals surface area contributed by atoms with Crippen molar-refractivity contribution in [2.45, 2.75) is 104 Å². The van der Waals surface area contributed by atoms with Crippen LogP contribution in [0.15, 0.2) is 157 Å². The van der Waals surface area contributed by atoms with Gasteiger partial charge in [-0.2, -0.15) is 0 Å². The van der Waals surface area contributed by atoms with E-state index in [-0.39, 0.29) is 0 Å². The van der Waals surface area contributed by atoms with Crippen LogP contribution in [-0.4, -0.2) is 6.21 Å². The Bertz CT molecular complexity index is 2860. The van der Waals surface area contributed by atoms with Crippen molar-refractivity contribution in [1.29, 1.82) is 0 Å². The van der Waals surface area contributed by atoms with E-state index in [9.17, 15) is 0 Å². The molecule has 8 heteroatoms. The molecule has 0 amide bonds. The molecule has 2 nitrogen and oxygen atoms in total. The summed E-state index contributed by atoms with van der Waals surface area (Å²) in [6.45, 7) is 4.62. The van der Waals surface area contributed by atoms with Gasteiger partial charge in [0.2, 0.25) is 0 Å². The van der Waals surface area contributed by atoms with Crippen molar-refractivity contribution < 1.29 is 0 Å². The summed E-state index contributed by atoms with van der Waals surface area (Å²) in [5.41, 5.74) is 6.37. The maximum atomic E-state index is 4.72. The first-order valence-electron chi connectivity index (χ1n) is 24.3. The van der Waals surface area contributed by atoms with Gasteiger partial charge < -0.3 is 4.90 Å². The average molecular weight is 990 g/mol. The van der Waals surface area contributed by atoms with Gasteiger partial charge in [-0.05, 0) is 134 Å². The van der Waals surface area contributed by atoms with Gasteiger partial charge in [0, 0.05) is 71.2 Å². The Hall–Kier alpha value is -4.67. The zero-order chi connectivity index (χ0) is 45.6. The Labute approximate surface area is 423 Å². The van der Waals surface area contributed by atoms with Crippen molar-refractivity contribution in [3.63, 3.8) is 0 Å². The van der Waals surface area contributed by atoms with Crippen LogP contribution in [0.1, 0.15) is 107 Å². The first-order chi connectivity index (χ1) is 33.1. The monoisotopic (exact) mass is 988 g/mol. The van der Waals surface area contributed by atoms with Crippen LogP contribution in [0.2, 0.25) is 0 Å². The second-order valence-corrected chi connectivity index (χ2v) is 23.7. The zero-order valence-corrected chi connectivity index (χ0v) is 43.7. The molecule has 6 aromatic heterocycles. The van der Waals surface area contributed by atoms with E-state index in [1.54, 1.807) is 0 Å². The maximum Gasteiger partial charge on any atom is 0.101 e. The molecule has 0 atom stereocenters. The minimum absolute atomic E-state index is 0.984. The van der Waals surface area contributed by atoms with Crippen LogP contribution in [0.25, 0.3) is 48.8 Å². The fourth-order valence-electron chi connectivity index (χ4n) is 8.61. The molecule has 0 saturated carbocycles. The second kappa shape index (κ2) is 24.1. The van der Waals surface area contributed by atoms with Crippen molar-refractivity contribution in [1.82, 2.24) is 0 Å². The molecule has 0 aliphatic rings. The number of thiophene rings is 6. The van der Waals surface area contributed by atoms with Gasteiger partial charge in [-0.25, -0.2) is 0 Å². The van der Waals surface area contributed by atoms with Crippen LogP contribution in [0.4, 0.5) is 22.1 Å². The molecular formula is C59H60N2S6. The average Bonchev–Trinajstić information content (AvgIpc) is 4.24. The van der Waals surface area contributed by atoms with Gasteiger partial charge in [0.1, 0.15) is 5.00 Å². The summed E-state index contributed by atoms with van der Waals surface area (Å²) in [6, 6.07) is 55.4. The minimum atomic E-state index is 0.984. The minimum Gasteiger partial charge on any atom is -0.302 e. The van der Waals surface area contributed by atoms with E-state index < -0.39 is 0 Å². The Morgan fingerprint density at radius 2 is 0.821 bits per heavy atom. The molecule has 67 heavy (non-hydrogen) atoms. The lowest BCUT2D eigenvalue weighted by Crippen LogP contribution is -2.07. The molecular weight excluding hydrogens is 929 g/mol. The molecule has 0 radical (unpaired) electrons. The molecule has 6 heterocycles. The third-order valence-electron chi connectivity index (χ3n) is 12.2. The summed E-state index contributed by atoms with van der Waals surface area (Å²) in [5, 5.41) is 1.22. The molecule has 0 unspecified atom stereocenters. The lowest BCUT2D eigenvalue weighted by molar-refractivity contribution is 0.608. The highest BCUT2D eigenvalue weighted by Crippen LogP contribution is 2.50. The number of unbranched alkanes of at least 4 members (excludes halogenated alkanes) is 10. The summed E-state index contributed by atoms with van der Waals surface area (Å²) in [5.74, 6) is 0. The molecule has 0 aliphatic carbocycles. The van der Waals surface area contributed by atoms with Crippen LogP contribution in [0.5, 0.6) is 0 Å². The van der Waals surface area contributed by atoms with Crippen molar-refractivity contribution in [3.05, 3.63) is 168 Å². The van der Waals surface area contributed by atoms with Gasteiger partial charge in [-0.15, -0.1) is 68.0 Å². The quantitative estimate of drug-likeness (QED) is 0.0435. The fraction of sp³-hybridized carbons (Fsp3) is 0.271. The Morgan fingerprint density at radius 1 is 0.388 bits per heavy atom. The Morgan fingerprint density at radius 3 is 1.36 bits per heavy atom. The normalized spacial score (nSPS) is 11.6. The molecule has 9 aromatic rings. The molecule has 0 bridgehead atoms. The number of hydrogen-bond acceptors (Lipinski definition) is 8. The van der Waals surface area contributed by atoms with Crippen LogP contribution >= 0.6 is 68.0 Å². The molecule has 0 N–H and O–H groups in total. The highest BCUT2D eigenvalue weighted by Gasteiger charge is 2.21. The molecule has 0 spiro atoms. The van der Waals surface area contributed by atoms with Gasteiger partial charge in [-0.3, -0.25) is 4.99 Å². The third kappa shape index (κ3) is 12.3. The number of rotatable bonds is 24. The second-order valence-electron chi connectivity index (χ2n) is 17.2. The van der Waals surface area contributed by atoms with Gasteiger partial charge in [0.15, 0.2) is 0 Å². The fourth-order valence-corrected chi connectivity index (χ4v) is 15.5. The smallest absolute Gasteiger partial charge is 0.101 e. The van der Waals surface area contributed by atoms with Crippen LogP contribution < -0.4 is 4.90 Å². The van der Waals surface area contributed by atoms with Crippen molar-refractivity contribution >= 4 is 96.3 Å². The number of benzene rings is 3. The molecule has 0 fully saturated rings. The van der Waals surface area contributed by atoms with Gasteiger partial charge >= 0.3 is 0 Å². The van der Waals surface area contributed by atoms with Crippen molar-refractivity contribution in [2.24, 2.45) is 4.99 Å². The molecule has 0 aliphatic heterocycles. The Kier molecular flexibility index (Phi) is 17.0. The highest BCUT2D eigenvalue weighted by molar-refractivity contribution is 7.31. The summed E-state index contributed by atoms with van der Waals surface area (Å²) in [6.07, 6.45) is 20.0. The lowest BCUT2D eigenvalue weighted by Gasteiger charge is -2.23. The number of aryl methyl sites for hydroxylation is 2. The van der Waals surface area contributed by atoms with Crippen LogP contribution in [0.3, 0.4) is 0 Å². The summed E-state index contributed by atoms with van der Waals surface area (Å²) < 4.78 is 0. The van der Waals surface area contributed by atoms with Gasteiger partial charge in [-0.1, -0.05) is 133 Å². The van der Waals surface area contributed by atoms with Crippen LogP contribution in [-0.2, 0) is 12.8 Å². The first kappa shape index (κ1) is 47.4. The maximum absolute atomic E-state index is 4.72. The summed E-state index contributed by atoms with van der Waals surface area (Å²) >= 11 is 11.6. The highest BCUT2D eigenvalue weighted by atomic mass is 32.1.